The van der Waals surface area contributed by atoms with Crippen LogP contribution in [0.3, 0.4) is 0 Å². The summed E-state index contributed by atoms with van der Waals surface area (Å²) in [5.74, 6) is 2.63. The number of fused-ring (bicyclic) bond motifs is 2. The lowest BCUT2D eigenvalue weighted by Crippen LogP contribution is -2.16. The SMILES string of the molecule is Fc1ccc(-c2nc3n(c2-c2ccnc(NCC4CC4)n2)C(COc2ccc4ccccc4n2)CC3)cc1. The molecule has 1 unspecified atom stereocenters. The van der Waals surface area contributed by atoms with Gasteiger partial charge in [0.05, 0.1) is 28.6 Å². The van der Waals surface area contributed by atoms with E-state index in [1.54, 1.807) is 18.3 Å². The number of benzene rings is 2. The zero-order valence-corrected chi connectivity index (χ0v) is 20.8. The van der Waals surface area contributed by atoms with Crippen molar-refractivity contribution in [3.05, 3.63) is 84.6 Å². The second-order valence-electron chi connectivity index (χ2n) is 10.0. The van der Waals surface area contributed by atoms with Crippen LogP contribution in [-0.4, -0.2) is 37.7 Å². The van der Waals surface area contributed by atoms with Crippen molar-refractivity contribution in [1.82, 2.24) is 24.5 Å². The number of halogens is 1. The summed E-state index contributed by atoms with van der Waals surface area (Å²) in [4.78, 5) is 19.0. The molecule has 3 aromatic heterocycles. The monoisotopic (exact) mass is 506 g/mol. The first-order valence-corrected chi connectivity index (χ1v) is 13.1. The largest absolute Gasteiger partial charge is 0.475 e. The topological polar surface area (TPSA) is 77.8 Å². The Hall–Kier alpha value is -4.33. The minimum absolute atomic E-state index is 0.0628. The van der Waals surface area contributed by atoms with Gasteiger partial charge < -0.3 is 14.6 Å². The Kier molecular flexibility index (Phi) is 5.72. The Labute approximate surface area is 219 Å². The molecular formula is C30H27FN6O. The average molecular weight is 507 g/mol. The average Bonchev–Trinajstić information content (AvgIpc) is 3.59. The van der Waals surface area contributed by atoms with Crippen molar-refractivity contribution in [1.29, 1.82) is 0 Å². The van der Waals surface area contributed by atoms with Crippen molar-refractivity contribution in [2.75, 3.05) is 18.5 Å². The number of rotatable bonds is 8. The quantitative estimate of drug-likeness (QED) is 0.275. The molecule has 1 aliphatic heterocycles. The maximum Gasteiger partial charge on any atom is 0.223 e. The van der Waals surface area contributed by atoms with Crippen molar-refractivity contribution in [2.45, 2.75) is 31.7 Å². The maximum absolute atomic E-state index is 13.7. The lowest BCUT2D eigenvalue weighted by atomic mass is 10.1. The third kappa shape index (κ3) is 4.47. The Morgan fingerprint density at radius 2 is 1.79 bits per heavy atom. The summed E-state index contributed by atoms with van der Waals surface area (Å²) >= 11 is 0. The first-order chi connectivity index (χ1) is 18.7. The van der Waals surface area contributed by atoms with Crippen LogP contribution in [0.4, 0.5) is 10.3 Å². The molecule has 38 heavy (non-hydrogen) atoms. The lowest BCUT2D eigenvalue weighted by Gasteiger charge is -2.18. The van der Waals surface area contributed by atoms with E-state index in [1.807, 2.05) is 42.5 Å². The predicted molar refractivity (Wildman–Crippen MR) is 144 cm³/mol. The second kappa shape index (κ2) is 9.52. The van der Waals surface area contributed by atoms with E-state index in [2.05, 4.69) is 19.9 Å². The van der Waals surface area contributed by atoms with Gasteiger partial charge in [-0.3, -0.25) is 0 Å². The van der Waals surface area contributed by atoms with Gasteiger partial charge in [0, 0.05) is 36.2 Å². The van der Waals surface area contributed by atoms with E-state index < -0.39 is 0 Å². The van der Waals surface area contributed by atoms with Crippen LogP contribution in [0.15, 0.2) is 72.9 Å². The van der Waals surface area contributed by atoms with Crippen molar-refractivity contribution in [2.24, 2.45) is 5.92 Å². The molecule has 5 aromatic rings. The van der Waals surface area contributed by atoms with Crippen LogP contribution < -0.4 is 10.1 Å². The molecule has 1 atom stereocenters. The highest BCUT2D eigenvalue weighted by Crippen LogP contribution is 2.39. The van der Waals surface area contributed by atoms with E-state index in [4.69, 9.17) is 14.7 Å². The summed E-state index contributed by atoms with van der Waals surface area (Å²) in [5, 5.41) is 4.46. The second-order valence-corrected chi connectivity index (χ2v) is 10.0. The van der Waals surface area contributed by atoms with Gasteiger partial charge in [-0.15, -0.1) is 0 Å². The first kappa shape index (κ1) is 22.8. The van der Waals surface area contributed by atoms with Gasteiger partial charge in [0.15, 0.2) is 0 Å². The molecule has 0 saturated heterocycles. The zero-order valence-electron chi connectivity index (χ0n) is 20.8. The molecule has 1 N–H and O–H groups in total. The number of aromatic nitrogens is 5. The molecule has 7 rings (SSSR count). The standard InChI is InChI=1S/C30H27FN6O/c31-22-10-7-21(8-11-22)28-29(25-15-16-32-30(35-25)33-17-19-5-6-19)37-23(12-13-26(37)36-28)18-38-27-14-9-20-3-1-2-4-24(20)34-27/h1-4,7-11,14-16,19,23H,5-6,12-13,17-18H2,(H,32,33,35). The van der Waals surface area contributed by atoms with Crippen LogP contribution in [0.1, 0.15) is 31.1 Å². The van der Waals surface area contributed by atoms with Crippen LogP contribution in [0.2, 0.25) is 0 Å². The van der Waals surface area contributed by atoms with Crippen molar-refractivity contribution in [3.63, 3.8) is 0 Å². The van der Waals surface area contributed by atoms with Crippen LogP contribution in [0.25, 0.3) is 33.5 Å². The number of nitrogens with zero attached hydrogens (tertiary/aromatic N) is 5. The summed E-state index contributed by atoms with van der Waals surface area (Å²) in [6.45, 7) is 1.34. The number of imidazole rings is 1. The van der Waals surface area contributed by atoms with E-state index in [0.29, 0.717) is 24.4 Å². The highest BCUT2D eigenvalue weighted by atomic mass is 19.1. The first-order valence-electron chi connectivity index (χ1n) is 13.1. The third-order valence-corrected chi connectivity index (χ3v) is 7.31. The van der Waals surface area contributed by atoms with Gasteiger partial charge in [0.2, 0.25) is 11.8 Å². The number of aryl methyl sites for hydroxylation is 1. The fraction of sp³-hybridized carbons (Fsp3) is 0.267. The number of para-hydroxylation sites is 1. The van der Waals surface area contributed by atoms with Gasteiger partial charge in [-0.1, -0.05) is 18.2 Å². The molecule has 1 saturated carbocycles. The fourth-order valence-electron chi connectivity index (χ4n) is 5.13. The molecule has 1 fully saturated rings. The lowest BCUT2D eigenvalue weighted by molar-refractivity contribution is 0.248. The van der Waals surface area contributed by atoms with Gasteiger partial charge in [0.1, 0.15) is 18.2 Å². The van der Waals surface area contributed by atoms with Crippen molar-refractivity contribution >= 4 is 16.9 Å². The summed E-state index contributed by atoms with van der Waals surface area (Å²) in [6, 6.07) is 20.4. The van der Waals surface area contributed by atoms with Crippen molar-refractivity contribution < 1.29 is 9.13 Å². The molecule has 0 spiro atoms. The molecule has 190 valence electrons. The van der Waals surface area contributed by atoms with Crippen LogP contribution >= 0.6 is 0 Å². The zero-order chi connectivity index (χ0) is 25.5. The normalized spacial score (nSPS) is 16.5. The van der Waals surface area contributed by atoms with Gasteiger partial charge >= 0.3 is 0 Å². The smallest absolute Gasteiger partial charge is 0.223 e. The molecule has 0 radical (unpaired) electrons. The number of nitrogens with one attached hydrogen (secondary N) is 1. The van der Waals surface area contributed by atoms with Crippen LogP contribution in [0.5, 0.6) is 5.88 Å². The maximum atomic E-state index is 13.7. The van der Waals surface area contributed by atoms with E-state index in [9.17, 15) is 4.39 Å². The fourth-order valence-corrected chi connectivity index (χ4v) is 5.13. The molecule has 2 aromatic carbocycles. The van der Waals surface area contributed by atoms with Gasteiger partial charge in [-0.25, -0.2) is 24.3 Å². The number of hydrogen-bond donors (Lipinski definition) is 1. The number of ether oxygens (including phenoxy) is 1. The van der Waals surface area contributed by atoms with Crippen LogP contribution in [0, 0.1) is 11.7 Å². The summed E-state index contributed by atoms with van der Waals surface area (Å²) in [6.07, 6.45) is 6.03. The molecule has 0 bridgehead atoms. The van der Waals surface area contributed by atoms with E-state index in [1.165, 1.54) is 25.0 Å². The Morgan fingerprint density at radius 3 is 2.66 bits per heavy atom. The molecule has 7 nitrogen and oxygen atoms in total. The third-order valence-electron chi connectivity index (χ3n) is 7.31. The predicted octanol–water partition coefficient (Wildman–Crippen LogP) is 6.08. The minimum atomic E-state index is -0.273. The summed E-state index contributed by atoms with van der Waals surface area (Å²) < 4.78 is 22.2. The Morgan fingerprint density at radius 1 is 0.921 bits per heavy atom. The van der Waals surface area contributed by atoms with E-state index >= 15 is 0 Å². The number of anilines is 1. The molecule has 4 heterocycles. The molecular weight excluding hydrogens is 479 g/mol. The molecule has 1 aliphatic carbocycles. The van der Waals surface area contributed by atoms with E-state index in [-0.39, 0.29) is 11.9 Å². The minimum Gasteiger partial charge on any atom is -0.475 e. The highest BCUT2D eigenvalue weighted by Gasteiger charge is 2.31. The molecule has 0 amide bonds. The van der Waals surface area contributed by atoms with Crippen LogP contribution in [-0.2, 0) is 6.42 Å². The summed E-state index contributed by atoms with van der Waals surface area (Å²) in [5.41, 5.74) is 4.24. The Bertz CT molecular complexity index is 1610. The Balaban J connectivity index is 1.24. The highest BCUT2D eigenvalue weighted by molar-refractivity contribution is 5.79. The molecule has 8 heteroatoms. The summed E-state index contributed by atoms with van der Waals surface area (Å²) in [7, 11) is 0. The van der Waals surface area contributed by atoms with Crippen molar-refractivity contribution in [3.8, 4) is 28.5 Å². The molecule has 2 aliphatic rings. The van der Waals surface area contributed by atoms with Gasteiger partial charge in [0.25, 0.3) is 0 Å². The number of hydrogen-bond acceptors (Lipinski definition) is 6. The number of pyridine rings is 1. The van der Waals surface area contributed by atoms with Gasteiger partial charge in [-0.05, 0) is 67.6 Å². The van der Waals surface area contributed by atoms with E-state index in [0.717, 1.165) is 58.8 Å². The van der Waals surface area contributed by atoms with Gasteiger partial charge in [-0.2, -0.15) is 0 Å².